The van der Waals surface area contributed by atoms with E-state index in [4.69, 9.17) is 4.74 Å². The maximum absolute atomic E-state index is 11.9. The van der Waals surface area contributed by atoms with Crippen molar-refractivity contribution in [2.24, 2.45) is 0 Å². The van der Waals surface area contributed by atoms with Crippen molar-refractivity contribution in [1.29, 1.82) is 0 Å². The summed E-state index contributed by atoms with van der Waals surface area (Å²) in [5.41, 5.74) is 0.968. The molecule has 2 aliphatic rings. The Kier molecular flexibility index (Phi) is 2.74. The average Bonchev–Trinajstić information content (AvgIpc) is 2.79. The smallest absolute Gasteiger partial charge is 0.411 e. The third-order valence-corrected chi connectivity index (χ3v) is 3.57. The third kappa shape index (κ3) is 1.78. The zero-order chi connectivity index (χ0) is 13.4. The second kappa shape index (κ2) is 4.42. The van der Waals surface area contributed by atoms with Crippen LogP contribution in [0.4, 0.5) is 4.79 Å². The van der Waals surface area contributed by atoms with Gasteiger partial charge in [0.1, 0.15) is 12.6 Å². The molecule has 2 saturated heterocycles. The van der Waals surface area contributed by atoms with Crippen molar-refractivity contribution in [2.45, 2.75) is 18.1 Å². The zero-order valence-corrected chi connectivity index (χ0v) is 10.3. The molecule has 98 valence electrons. The molecule has 0 radical (unpaired) electrons. The number of rotatable bonds is 3. The summed E-state index contributed by atoms with van der Waals surface area (Å²) in [6.07, 6.45) is 1.19. The number of β-lactam (4-membered cyclic amide) rings is 1. The van der Waals surface area contributed by atoms with Crippen LogP contribution in [0.2, 0.25) is 0 Å². The Bertz CT molecular complexity index is 529. The minimum Gasteiger partial charge on any atom is -0.447 e. The summed E-state index contributed by atoms with van der Waals surface area (Å²) < 4.78 is 5.10. The molecular formula is C14H14N2O3. The van der Waals surface area contributed by atoms with Crippen LogP contribution in [-0.4, -0.2) is 35.6 Å². The lowest BCUT2D eigenvalue weighted by Gasteiger charge is -2.41. The molecule has 0 bridgehead atoms. The number of hydrogen-bond acceptors (Lipinski definition) is 3. The van der Waals surface area contributed by atoms with Gasteiger partial charge in [0.05, 0.1) is 12.1 Å². The van der Waals surface area contributed by atoms with Crippen molar-refractivity contribution in [3.05, 3.63) is 48.6 Å². The number of cyclic esters (lactones) is 1. The highest BCUT2D eigenvalue weighted by Crippen LogP contribution is 2.33. The van der Waals surface area contributed by atoms with Gasteiger partial charge in [-0.2, -0.15) is 0 Å². The summed E-state index contributed by atoms with van der Waals surface area (Å²) in [4.78, 5) is 25.1. The quantitative estimate of drug-likeness (QED) is 0.655. The molecule has 2 fully saturated rings. The van der Waals surface area contributed by atoms with Crippen molar-refractivity contribution >= 4 is 12.0 Å². The van der Waals surface area contributed by atoms with Crippen LogP contribution in [0.15, 0.2) is 43.0 Å². The van der Waals surface area contributed by atoms with E-state index in [2.05, 4.69) is 11.9 Å². The van der Waals surface area contributed by atoms with Gasteiger partial charge in [-0.1, -0.05) is 36.4 Å². The molecule has 0 aliphatic carbocycles. The summed E-state index contributed by atoms with van der Waals surface area (Å²) in [6, 6.07) is 8.64. The summed E-state index contributed by atoms with van der Waals surface area (Å²) in [5, 5.41) is 2.71. The molecule has 0 saturated carbocycles. The molecule has 1 aromatic carbocycles. The zero-order valence-electron chi connectivity index (χ0n) is 10.3. The first-order valence-electron chi connectivity index (χ1n) is 6.15. The van der Waals surface area contributed by atoms with E-state index < -0.39 is 12.1 Å². The number of nitrogens with zero attached hydrogens (tertiary/aromatic N) is 1. The van der Waals surface area contributed by atoms with Gasteiger partial charge in [-0.05, 0) is 5.56 Å². The van der Waals surface area contributed by atoms with E-state index in [-0.39, 0.29) is 24.6 Å². The maximum atomic E-state index is 11.9. The minimum absolute atomic E-state index is 0.162. The van der Waals surface area contributed by atoms with Gasteiger partial charge in [-0.15, -0.1) is 6.58 Å². The highest BCUT2D eigenvalue weighted by Gasteiger charge is 2.50. The monoisotopic (exact) mass is 258 g/mol. The van der Waals surface area contributed by atoms with Gasteiger partial charge < -0.3 is 10.1 Å². The van der Waals surface area contributed by atoms with Crippen molar-refractivity contribution in [3.63, 3.8) is 0 Å². The van der Waals surface area contributed by atoms with Gasteiger partial charge in [-0.25, -0.2) is 4.79 Å². The second-order valence-corrected chi connectivity index (χ2v) is 4.63. The molecule has 2 heterocycles. The molecular weight excluding hydrogens is 244 g/mol. The SMILES string of the molecule is C=CC1NC(=O)C1N1C(=O)OC[C@@H]1c1ccccc1. The Balaban J connectivity index is 1.91. The molecule has 0 aromatic heterocycles. The maximum Gasteiger partial charge on any atom is 0.411 e. The lowest BCUT2D eigenvalue weighted by atomic mass is 9.94. The number of hydrogen-bond donors (Lipinski definition) is 1. The lowest BCUT2D eigenvalue weighted by Crippen LogP contribution is -2.68. The first kappa shape index (κ1) is 11.8. The molecule has 3 rings (SSSR count). The van der Waals surface area contributed by atoms with Crippen LogP contribution in [0, 0.1) is 0 Å². The Hall–Kier alpha value is -2.30. The number of nitrogens with one attached hydrogen (secondary N) is 1. The molecule has 1 N–H and O–H groups in total. The number of amides is 2. The van der Waals surface area contributed by atoms with Crippen LogP contribution >= 0.6 is 0 Å². The molecule has 2 unspecified atom stereocenters. The van der Waals surface area contributed by atoms with E-state index in [0.29, 0.717) is 0 Å². The van der Waals surface area contributed by atoms with Gasteiger partial charge >= 0.3 is 6.09 Å². The van der Waals surface area contributed by atoms with Crippen molar-refractivity contribution in [2.75, 3.05) is 6.61 Å². The van der Waals surface area contributed by atoms with E-state index in [9.17, 15) is 9.59 Å². The number of carbonyl (C=O) groups excluding carboxylic acids is 2. The predicted octanol–water partition coefficient (Wildman–Crippen LogP) is 1.23. The predicted molar refractivity (Wildman–Crippen MR) is 68.3 cm³/mol. The number of ether oxygens (including phenoxy) is 1. The van der Waals surface area contributed by atoms with Crippen LogP contribution < -0.4 is 5.32 Å². The van der Waals surface area contributed by atoms with Gasteiger partial charge in [0, 0.05) is 0 Å². The Morgan fingerprint density at radius 1 is 1.32 bits per heavy atom. The van der Waals surface area contributed by atoms with Crippen molar-refractivity contribution in [1.82, 2.24) is 10.2 Å². The minimum atomic E-state index is -0.516. The van der Waals surface area contributed by atoms with Gasteiger partial charge in [0.2, 0.25) is 5.91 Å². The van der Waals surface area contributed by atoms with Crippen LogP contribution in [0.3, 0.4) is 0 Å². The van der Waals surface area contributed by atoms with Gasteiger partial charge in [0.25, 0.3) is 0 Å². The molecule has 19 heavy (non-hydrogen) atoms. The number of benzene rings is 1. The van der Waals surface area contributed by atoms with Crippen molar-refractivity contribution in [3.8, 4) is 0 Å². The van der Waals surface area contributed by atoms with E-state index in [0.717, 1.165) is 5.56 Å². The fourth-order valence-corrected chi connectivity index (χ4v) is 2.55. The Morgan fingerprint density at radius 2 is 2.05 bits per heavy atom. The highest BCUT2D eigenvalue weighted by molar-refractivity contribution is 5.93. The van der Waals surface area contributed by atoms with Gasteiger partial charge in [-0.3, -0.25) is 9.69 Å². The molecule has 2 aliphatic heterocycles. The van der Waals surface area contributed by atoms with Crippen LogP contribution in [-0.2, 0) is 9.53 Å². The van der Waals surface area contributed by atoms with E-state index in [1.807, 2.05) is 30.3 Å². The molecule has 5 nitrogen and oxygen atoms in total. The average molecular weight is 258 g/mol. The van der Waals surface area contributed by atoms with E-state index in [1.54, 1.807) is 6.08 Å². The third-order valence-electron chi connectivity index (χ3n) is 3.57. The lowest BCUT2D eigenvalue weighted by molar-refractivity contribution is -0.134. The topological polar surface area (TPSA) is 58.6 Å². The van der Waals surface area contributed by atoms with Crippen LogP contribution in [0.5, 0.6) is 0 Å². The van der Waals surface area contributed by atoms with Crippen molar-refractivity contribution < 1.29 is 14.3 Å². The molecule has 1 aromatic rings. The van der Waals surface area contributed by atoms with Crippen LogP contribution in [0.25, 0.3) is 0 Å². The largest absolute Gasteiger partial charge is 0.447 e. The molecule has 2 amide bonds. The standard InChI is InChI=1S/C14H14N2O3/c1-2-10-12(13(17)15-10)16-11(8-19-14(16)18)9-6-4-3-5-7-9/h2-7,10-12H,1,8H2,(H,15,17)/t10?,11-,12?/m1/s1. The number of carbonyl (C=O) groups is 2. The fourth-order valence-electron chi connectivity index (χ4n) is 2.55. The normalized spacial score (nSPS) is 29.5. The summed E-state index contributed by atoms with van der Waals surface area (Å²) in [7, 11) is 0. The molecule has 3 atom stereocenters. The van der Waals surface area contributed by atoms with E-state index >= 15 is 0 Å². The van der Waals surface area contributed by atoms with Gasteiger partial charge in [0.15, 0.2) is 0 Å². The molecule has 0 spiro atoms. The first-order valence-corrected chi connectivity index (χ1v) is 6.15. The Labute approximate surface area is 110 Å². The fraction of sp³-hybridized carbons (Fsp3) is 0.286. The van der Waals surface area contributed by atoms with Crippen LogP contribution in [0.1, 0.15) is 11.6 Å². The highest BCUT2D eigenvalue weighted by atomic mass is 16.6. The Morgan fingerprint density at radius 3 is 2.68 bits per heavy atom. The summed E-state index contributed by atoms with van der Waals surface area (Å²) in [5.74, 6) is -0.162. The summed E-state index contributed by atoms with van der Waals surface area (Å²) in [6.45, 7) is 3.94. The van der Waals surface area contributed by atoms with E-state index in [1.165, 1.54) is 4.90 Å². The second-order valence-electron chi connectivity index (χ2n) is 4.63. The first-order chi connectivity index (χ1) is 9.22. The summed E-state index contributed by atoms with van der Waals surface area (Å²) >= 11 is 0. The molecule has 5 heteroatoms.